The number of aliphatic hydroxyl groups is 1. The van der Waals surface area contributed by atoms with Crippen LogP contribution in [0.5, 0.6) is 11.5 Å². The van der Waals surface area contributed by atoms with Crippen molar-refractivity contribution in [2.75, 3.05) is 18.6 Å². The largest absolute Gasteiger partial charge is 0.503 e. The molecule has 0 aliphatic carbocycles. The number of furan rings is 1. The molecule has 0 saturated carbocycles. The van der Waals surface area contributed by atoms with Gasteiger partial charge in [-0.2, -0.15) is 0 Å². The number of anilines is 1. The zero-order valence-electron chi connectivity index (χ0n) is 26.9. The van der Waals surface area contributed by atoms with Crippen molar-refractivity contribution < 1.29 is 28.6 Å². The second kappa shape index (κ2) is 14.2. The second-order valence-electron chi connectivity index (χ2n) is 11.6. The first-order chi connectivity index (χ1) is 24.0. The van der Waals surface area contributed by atoms with Gasteiger partial charge < -0.3 is 19.0 Å². The maximum Gasteiger partial charge on any atom is 0.296 e. The summed E-state index contributed by atoms with van der Waals surface area (Å²) in [4.78, 5) is 29.3. The standard InChI is InChI=1S/C38H33N3O6S2/c1-3-4-9-19-46-29-18-17-25(21-30(29)45-2)33-32(34(42)31-20-24-12-6-8-16-28(24)47-31)35(43)36(44)41(33)37-39-40-38(49-37)48-22-26-14-10-13-23-11-5-7-15-27(23)26/h5-8,10-18,20-21,33,43H,3-4,9,19,22H2,1-2H3. The maximum absolute atomic E-state index is 14.1. The van der Waals surface area contributed by atoms with Gasteiger partial charge in [0, 0.05) is 11.1 Å². The molecule has 9 nitrogen and oxygen atoms in total. The van der Waals surface area contributed by atoms with Crippen LogP contribution in [0.3, 0.4) is 0 Å². The summed E-state index contributed by atoms with van der Waals surface area (Å²) in [6.07, 6.45) is 3.01. The highest BCUT2D eigenvalue weighted by atomic mass is 32.2. The Morgan fingerprint density at radius 3 is 2.57 bits per heavy atom. The molecule has 1 aliphatic heterocycles. The molecule has 1 N–H and O–H groups in total. The van der Waals surface area contributed by atoms with Crippen LogP contribution in [0.4, 0.5) is 5.13 Å². The summed E-state index contributed by atoms with van der Waals surface area (Å²) in [7, 11) is 1.54. The third-order valence-corrected chi connectivity index (χ3v) is 10.5. The number of methoxy groups -OCH3 is 1. The lowest BCUT2D eigenvalue weighted by molar-refractivity contribution is -0.117. The van der Waals surface area contributed by atoms with Crippen molar-refractivity contribution in [2.24, 2.45) is 0 Å². The number of thioether (sulfide) groups is 1. The molecule has 6 aromatic rings. The van der Waals surface area contributed by atoms with Crippen molar-refractivity contribution in [3.63, 3.8) is 0 Å². The number of unbranched alkanes of at least 4 members (excludes halogenated alkanes) is 2. The number of para-hydroxylation sites is 1. The summed E-state index contributed by atoms with van der Waals surface area (Å²) in [5.74, 6) is -0.410. The molecule has 1 aliphatic rings. The monoisotopic (exact) mass is 691 g/mol. The van der Waals surface area contributed by atoms with E-state index in [9.17, 15) is 14.7 Å². The molecular formula is C38H33N3O6S2. The molecule has 0 radical (unpaired) electrons. The fourth-order valence-electron chi connectivity index (χ4n) is 6.00. The molecule has 1 unspecified atom stereocenters. The number of rotatable bonds is 13. The predicted molar refractivity (Wildman–Crippen MR) is 192 cm³/mol. The molecule has 0 saturated heterocycles. The van der Waals surface area contributed by atoms with Crippen LogP contribution in [0.2, 0.25) is 0 Å². The number of nitrogens with zero attached hydrogens (tertiary/aromatic N) is 3. The van der Waals surface area contributed by atoms with E-state index >= 15 is 0 Å². The Kier molecular flexibility index (Phi) is 9.36. The number of aromatic nitrogens is 2. The van der Waals surface area contributed by atoms with Crippen LogP contribution in [-0.4, -0.2) is 40.7 Å². The van der Waals surface area contributed by atoms with Gasteiger partial charge in [-0.1, -0.05) is 110 Å². The van der Waals surface area contributed by atoms with Crippen molar-refractivity contribution in [1.82, 2.24) is 10.2 Å². The van der Waals surface area contributed by atoms with E-state index in [4.69, 9.17) is 13.9 Å². The number of benzene rings is 4. The minimum atomic E-state index is -1.04. The van der Waals surface area contributed by atoms with Crippen molar-refractivity contribution >= 4 is 61.7 Å². The first-order valence-corrected chi connectivity index (χ1v) is 17.8. The van der Waals surface area contributed by atoms with Crippen molar-refractivity contribution in [1.29, 1.82) is 0 Å². The first-order valence-electron chi connectivity index (χ1n) is 16.0. The summed E-state index contributed by atoms with van der Waals surface area (Å²) in [6, 6.07) is 27.5. The van der Waals surface area contributed by atoms with Gasteiger partial charge in [0.25, 0.3) is 5.91 Å². The van der Waals surface area contributed by atoms with Gasteiger partial charge in [0.1, 0.15) is 5.58 Å². The minimum absolute atomic E-state index is 0.00818. The molecule has 2 aromatic heterocycles. The van der Waals surface area contributed by atoms with Gasteiger partial charge in [-0.05, 0) is 52.6 Å². The Morgan fingerprint density at radius 1 is 0.959 bits per heavy atom. The van der Waals surface area contributed by atoms with Crippen LogP contribution in [-0.2, 0) is 10.5 Å². The van der Waals surface area contributed by atoms with Crippen molar-refractivity contribution in [3.8, 4) is 11.5 Å². The molecule has 49 heavy (non-hydrogen) atoms. The third kappa shape index (κ3) is 6.39. The fraction of sp³-hybridized carbons (Fsp3) is 0.211. The van der Waals surface area contributed by atoms with E-state index in [2.05, 4.69) is 41.4 Å². The number of hydrogen-bond acceptors (Lipinski definition) is 10. The number of aliphatic hydroxyl groups excluding tert-OH is 1. The number of carbonyl (C=O) groups excluding carboxylic acids is 2. The molecule has 0 bridgehead atoms. The van der Waals surface area contributed by atoms with E-state index in [1.54, 1.807) is 30.3 Å². The van der Waals surface area contributed by atoms with Crippen LogP contribution in [0.1, 0.15) is 53.9 Å². The van der Waals surface area contributed by atoms with Crippen LogP contribution < -0.4 is 14.4 Å². The van der Waals surface area contributed by atoms with Crippen LogP contribution in [0.15, 0.2) is 111 Å². The van der Waals surface area contributed by atoms with E-state index in [0.29, 0.717) is 39.3 Å². The van der Waals surface area contributed by atoms with Gasteiger partial charge in [-0.3, -0.25) is 14.5 Å². The highest BCUT2D eigenvalue weighted by Gasteiger charge is 2.47. The second-order valence-corrected chi connectivity index (χ2v) is 13.7. The number of hydrogen-bond donors (Lipinski definition) is 1. The molecular weight excluding hydrogens is 659 g/mol. The molecule has 11 heteroatoms. The Balaban J connectivity index is 1.23. The Hall–Kier alpha value is -5.13. The maximum atomic E-state index is 14.1. The lowest BCUT2D eigenvalue weighted by atomic mass is 9.95. The molecule has 0 fully saturated rings. The number of fused-ring (bicyclic) bond motifs is 2. The quantitative estimate of drug-likeness (QED) is 0.0548. The first kappa shape index (κ1) is 32.4. The molecule has 1 atom stereocenters. The van der Waals surface area contributed by atoms with E-state index in [0.717, 1.165) is 41.0 Å². The number of amides is 1. The van der Waals surface area contributed by atoms with Gasteiger partial charge in [0.15, 0.2) is 27.4 Å². The molecule has 4 aromatic carbocycles. The Morgan fingerprint density at radius 2 is 1.76 bits per heavy atom. The van der Waals surface area contributed by atoms with Gasteiger partial charge >= 0.3 is 0 Å². The zero-order valence-corrected chi connectivity index (χ0v) is 28.6. The average molecular weight is 692 g/mol. The SMILES string of the molecule is CCCCCOc1ccc(C2C(C(=O)c3cc4ccccc4o3)=C(O)C(=O)N2c2nnc(SCc3cccc4ccccc34)s2)cc1OC. The number of carbonyl (C=O) groups is 2. The van der Waals surface area contributed by atoms with Crippen LogP contribution in [0.25, 0.3) is 21.7 Å². The van der Waals surface area contributed by atoms with Crippen molar-refractivity contribution in [2.45, 2.75) is 42.3 Å². The molecule has 248 valence electrons. The van der Waals surface area contributed by atoms with Crippen LogP contribution in [0, 0.1) is 0 Å². The normalized spacial score (nSPS) is 14.7. The third-order valence-electron chi connectivity index (χ3n) is 8.44. The van der Waals surface area contributed by atoms with E-state index < -0.39 is 23.5 Å². The number of ether oxygens (including phenoxy) is 2. The highest BCUT2D eigenvalue weighted by Crippen LogP contribution is 2.46. The molecule has 1 amide bonds. The predicted octanol–water partition coefficient (Wildman–Crippen LogP) is 9.09. The van der Waals surface area contributed by atoms with Gasteiger partial charge in [0.05, 0.1) is 25.3 Å². The summed E-state index contributed by atoms with van der Waals surface area (Å²) in [6.45, 7) is 2.65. The Bertz CT molecular complexity index is 2170. The fourth-order valence-corrected chi connectivity index (χ4v) is 7.87. The summed E-state index contributed by atoms with van der Waals surface area (Å²) >= 11 is 2.72. The molecule has 0 spiro atoms. The number of Topliss-reactive ketones (excluding diaryl/α,β-unsaturated/α-hetero) is 1. The van der Waals surface area contributed by atoms with E-state index in [1.807, 2.05) is 36.4 Å². The lowest BCUT2D eigenvalue weighted by Gasteiger charge is -2.24. The van der Waals surface area contributed by atoms with Gasteiger partial charge in [-0.25, -0.2) is 0 Å². The summed E-state index contributed by atoms with van der Waals surface area (Å²) < 4.78 is 18.2. The van der Waals surface area contributed by atoms with Crippen molar-refractivity contribution in [3.05, 3.63) is 119 Å². The van der Waals surface area contributed by atoms with Crippen LogP contribution >= 0.6 is 23.1 Å². The summed E-state index contributed by atoms with van der Waals surface area (Å²) in [5.41, 5.74) is 2.07. The minimum Gasteiger partial charge on any atom is -0.503 e. The van der Waals surface area contributed by atoms with E-state index in [1.165, 1.54) is 35.1 Å². The number of ketones is 1. The molecule has 7 rings (SSSR count). The smallest absolute Gasteiger partial charge is 0.296 e. The molecule has 3 heterocycles. The lowest BCUT2D eigenvalue weighted by Crippen LogP contribution is -2.31. The van der Waals surface area contributed by atoms with Gasteiger partial charge in [-0.15, -0.1) is 10.2 Å². The van der Waals surface area contributed by atoms with E-state index in [-0.39, 0.29) is 16.5 Å². The summed E-state index contributed by atoms with van der Waals surface area (Å²) in [5, 5.41) is 23.4. The average Bonchev–Trinajstić information content (AvgIpc) is 3.85. The Labute approximate surface area is 291 Å². The topological polar surface area (TPSA) is 115 Å². The zero-order chi connectivity index (χ0) is 33.9. The highest BCUT2D eigenvalue weighted by molar-refractivity contribution is 8.00. The van der Waals surface area contributed by atoms with Gasteiger partial charge in [0.2, 0.25) is 10.9 Å².